The normalized spacial score (nSPS) is 16.5. The number of fused-ring (bicyclic) bond motifs is 1. The lowest BCUT2D eigenvalue weighted by molar-refractivity contribution is 0.468. The van der Waals surface area contributed by atoms with Crippen LogP contribution in [0.3, 0.4) is 0 Å². The Bertz CT molecular complexity index is 610. The van der Waals surface area contributed by atoms with Crippen LogP contribution in [0.2, 0.25) is 0 Å². The summed E-state index contributed by atoms with van der Waals surface area (Å²) in [7, 11) is 0. The molecule has 3 rings (SSSR count). The monoisotopic (exact) mass is 285 g/mol. The molecule has 0 aliphatic heterocycles. The number of anilines is 1. The molecule has 0 saturated heterocycles. The second-order valence-electron chi connectivity index (χ2n) is 6.56. The third-order valence-electron chi connectivity index (χ3n) is 4.60. The molecule has 21 heavy (non-hydrogen) atoms. The number of rotatable bonds is 7. The molecule has 0 amide bonds. The fourth-order valence-corrected chi connectivity index (χ4v) is 3.22. The molecule has 3 nitrogen and oxygen atoms in total. The second-order valence-corrected chi connectivity index (χ2v) is 6.56. The summed E-state index contributed by atoms with van der Waals surface area (Å²) in [6, 6.07) is 6.69. The average molecular weight is 285 g/mol. The predicted molar refractivity (Wildman–Crippen MR) is 89.6 cm³/mol. The number of hydrogen-bond donors (Lipinski definition) is 1. The molecular weight excluding hydrogens is 258 g/mol. The summed E-state index contributed by atoms with van der Waals surface area (Å²) < 4.78 is 2.48. The van der Waals surface area contributed by atoms with Gasteiger partial charge in [0.2, 0.25) is 0 Å². The van der Waals surface area contributed by atoms with E-state index >= 15 is 0 Å². The SMILES string of the molecule is CCCCCCC(C)n1c(C2CC2)nc2cc(N)ccc21. The molecule has 114 valence electrons. The first-order valence-electron chi connectivity index (χ1n) is 8.48. The maximum Gasteiger partial charge on any atom is 0.113 e. The number of benzene rings is 1. The molecule has 0 bridgehead atoms. The number of imidazole rings is 1. The standard InChI is InChI=1S/C18H27N3/c1-3-4-5-6-7-13(2)21-17-11-10-15(19)12-16(17)20-18(21)14-8-9-14/h10-14H,3-9,19H2,1-2H3. The number of nitrogen functional groups attached to an aromatic ring is 1. The summed E-state index contributed by atoms with van der Waals surface area (Å²) in [6.07, 6.45) is 9.14. The number of nitrogens with zero attached hydrogens (tertiary/aromatic N) is 2. The van der Waals surface area contributed by atoms with Crippen LogP contribution in [0.15, 0.2) is 18.2 Å². The molecule has 1 aliphatic rings. The number of hydrogen-bond acceptors (Lipinski definition) is 2. The minimum absolute atomic E-state index is 0.533. The van der Waals surface area contributed by atoms with E-state index < -0.39 is 0 Å². The van der Waals surface area contributed by atoms with Gasteiger partial charge in [0.25, 0.3) is 0 Å². The molecule has 1 heterocycles. The molecule has 1 unspecified atom stereocenters. The molecule has 1 atom stereocenters. The molecule has 0 spiro atoms. The zero-order valence-electron chi connectivity index (χ0n) is 13.3. The van der Waals surface area contributed by atoms with Crippen LogP contribution in [0.1, 0.15) is 76.6 Å². The highest BCUT2D eigenvalue weighted by Gasteiger charge is 2.30. The molecule has 1 aromatic carbocycles. The van der Waals surface area contributed by atoms with Gasteiger partial charge in [-0.25, -0.2) is 4.98 Å². The summed E-state index contributed by atoms with van der Waals surface area (Å²) in [5.74, 6) is 1.97. The number of nitrogens with two attached hydrogens (primary N) is 1. The van der Waals surface area contributed by atoms with Crippen LogP contribution in [0.25, 0.3) is 11.0 Å². The third kappa shape index (κ3) is 3.07. The van der Waals surface area contributed by atoms with E-state index in [0.717, 1.165) is 11.2 Å². The Hall–Kier alpha value is -1.51. The summed E-state index contributed by atoms with van der Waals surface area (Å²) in [5, 5.41) is 0. The maximum absolute atomic E-state index is 5.92. The van der Waals surface area contributed by atoms with Gasteiger partial charge in [-0.05, 0) is 44.4 Å². The highest BCUT2D eigenvalue weighted by Crippen LogP contribution is 2.42. The zero-order chi connectivity index (χ0) is 14.8. The third-order valence-corrected chi connectivity index (χ3v) is 4.60. The summed E-state index contributed by atoms with van der Waals surface area (Å²) in [4.78, 5) is 4.88. The first kappa shape index (κ1) is 14.4. The lowest BCUT2D eigenvalue weighted by atomic mass is 10.1. The molecule has 1 aliphatic carbocycles. The van der Waals surface area contributed by atoms with Crippen LogP contribution in [-0.2, 0) is 0 Å². The van der Waals surface area contributed by atoms with E-state index in [1.165, 1.54) is 56.3 Å². The van der Waals surface area contributed by atoms with Gasteiger partial charge in [-0.2, -0.15) is 0 Å². The van der Waals surface area contributed by atoms with Crippen LogP contribution in [0.4, 0.5) is 5.69 Å². The largest absolute Gasteiger partial charge is 0.399 e. The van der Waals surface area contributed by atoms with Gasteiger partial charge >= 0.3 is 0 Å². The van der Waals surface area contributed by atoms with Crippen LogP contribution in [0.5, 0.6) is 0 Å². The Balaban J connectivity index is 1.86. The van der Waals surface area contributed by atoms with Crippen LogP contribution >= 0.6 is 0 Å². The highest BCUT2D eigenvalue weighted by molar-refractivity contribution is 5.80. The van der Waals surface area contributed by atoms with Gasteiger partial charge in [0.05, 0.1) is 11.0 Å². The van der Waals surface area contributed by atoms with Gasteiger partial charge in [0.1, 0.15) is 5.82 Å². The Labute approximate surface area is 127 Å². The Morgan fingerprint density at radius 1 is 1.29 bits per heavy atom. The maximum atomic E-state index is 5.92. The fraction of sp³-hybridized carbons (Fsp3) is 0.611. The predicted octanol–water partition coefficient (Wildman–Crippen LogP) is 5.03. The van der Waals surface area contributed by atoms with Gasteiger partial charge in [0.15, 0.2) is 0 Å². The minimum Gasteiger partial charge on any atom is -0.399 e. The minimum atomic E-state index is 0.533. The van der Waals surface area contributed by atoms with E-state index in [1.54, 1.807) is 0 Å². The first-order chi connectivity index (χ1) is 10.2. The smallest absolute Gasteiger partial charge is 0.113 e. The quantitative estimate of drug-likeness (QED) is 0.573. The van der Waals surface area contributed by atoms with Crippen molar-refractivity contribution in [3.05, 3.63) is 24.0 Å². The van der Waals surface area contributed by atoms with E-state index in [2.05, 4.69) is 24.5 Å². The van der Waals surface area contributed by atoms with E-state index in [1.807, 2.05) is 12.1 Å². The van der Waals surface area contributed by atoms with Crippen molar-refractivity contribution in [3.8, 4) is 0 Å². The van der Waals surface area contributed by atoms with E-state index in [-0.39, 0.29) is 0 Å². The van der Waals surface area contributed by atoms with Crippen molar-refractivity contribution in [1.29, 1.82) is 0 Å². The van der Waals surface area contributed by atoms with E-state index in [9.17, 15) is 0 Å². The van der Waals surface area contributed by atoms with Crippen molar-refractivity contribution in [2.75, 3.05) is 5.73 Å². The Kier molecular flexibility index (Phi) is 4.18. The Morgan fingerprint density at radius 3 is 2.81 bits per heavy atom. The zero-order valence-corrected chi connectivity index (χ0v) is 13.3. The molecule has 1 fully saturated rings. The van der Waals surface area contributed by atoms with Gasteiger partial charge in [-0.15, -0.1) is 0 Å². The van der Waals surface area contributed by atoms with Crippen molar-refractivity contribution < 1.29 is 0 Å². The first-order valence-corrected chi connectivity index (χ1v) is 8.48. The molecule has 3 heteroatoms. The summed E-state index contributed by atoms with van der Waals surface area (Å²) >= 11 is 0. The van der Waals surface area contributed by atoms with Crippen molar-refractivity contribution in [1.82, 2.24) is 9.55 Å². The van der Waals surface area contributed by atoms with Gasteiger partial charge < -0.3 is 10.3 Å². The van der Waals surface area contributed by atoms with Crippen LogP contribution in [-0.4, -0.2) is 9.55 Å². The number of unbranched alkanes of at least 4 members (excludes halogenated alkanes) is 3. The lowest BCUT2D eigenvalue weighted by Crippen LogP contribution is -2.09. The van der Waals surface area contributed by atoms with E-state index in [0.29, 0.717) is 12.0 Å². The Morgan fingerprint density at radius 2 is 2.10 bits per heavy atom. The molecule has 1 saturated carbocycles. The van der Waals surface area contributed by atoms with Gasteiger partial charge in [-0.1, -0.05) is 32.6 Å². The van der Waals surface area contributed by atoms with Gasteiger partial charge in [-0.3, -0.25) is 0 Å². The fourth-order valence-electron chi connectivity index (χ4n) is 3.22. The van der Waals surface area contributed by atoms with E-state index in [4.69, 9.17) is 10.7 Å². The average Bonchev–Trinajstić information content (AvgIpc) is 3.24. The molecule has 2 N–H and O–H groups in total. The van der Waals surface area contributed by atoms with Crippen LogP contribution < -0.4 is 5.73 Å². The molecule has 0 radical (unpaired) electrons. The molecule has 2 aromatic rings. The highest BCUT2D eigenvalue weighted by atomic mass is 15.1. The summed E-state index contributed by atoms with van der Waals surface area (Å²) in [5.41, 5.74) is 9.05. The van der Waals surface area contributed by atoms with Crippen molar-refractivity contribution >= 4 is 16.7 Å². The number of aromatic nitrogens is 2. The topological polar surface area (TPSA) is 43.8 Å². The van der Waals surface area contributed by atoms with Crippen LogP contribution in [0, 0.1) is 0 Å². The molecular formula is C18H27N3. The van der Waals surface area contributed by atoms with Crippen molar-refractivity contribution in [2.24, 2.45) is 0 Å². The van der Waals surface area contributed by atoms with Crippen molar-refractivity contribution in [3.63, 3.8) is 0 Å². The molecule has 1 aromatic heterocycles. The second kappa shape index (κ2) is 6.08. The summed E-state index contributed by atoms with van der Waals surface area (Å²) in [6.45, 7) is 4.61. The van der Waals surface area contributed by atoms with Gasteiger partial charge in [0, 0.05) is 17.6 Å². The van der Waals surface area contributed by atoms with Crippen molar-refractivity contribution in [2.45, 2.75) is 70.8 Å². The lowest BCUT2D eigenvalue weighted by Gasteiger charge is -2.17.